The molecule has 3 amide bonds. The maximum Gasteiger partial charge on any atom is 0.321 e. The fourth-order valence-corrected chi connectivity index (χ4v) is 3.25. The van der Waals surface area contributed by atoms with Crippen LogP contribution >= 0.6 is 0 Å². The molecule has 4 rings (SSSR count). The molecule has 1 saturated heterocycles. The third-order valence-electron chi connectivity index (χ3n) is 4.68. The van der Waals surface area contributed by atoms with Crippen LogP contribution in [0.15, 0.2) is 67.0 Å². The van der Waals surface area contributed by atoms with E-state index in [2.05, 4.69) is 10.4 Å². The van der Waals surface area contributed by atoms with Crippen molar-refractivity contribution >= 4 is 17.6 Å². The summed E-state index contributed by atoms with van der Waals surface area (Å²) < 4.78 is 1.79. The minimum absolute atomic E-state index is 0.103. The molecular weight excluding hydrogens is 354 g/mol. The number of carbonyl (C=O) groups is 2. The van der Waals surface area contributed by atoms with Crippen LogP contribution in [0.2, 0.25) is 0 Å². The van der Waals surface area contributed by atoms with Crippen molar-refractivity contribution in [3.8, 4) is 5.69 Å². The molecule has 0 bridgehead atoms. The number of nitrogens with zero attached hydrogens (tertiary/aromatic N) is 4. The number of para-hydroxylation sites is 1. The van der Waals surface area contributed by atoms with E-state index in [1.807, 2.05) is 42.6 Å². The number of carbonyl (C=O) groups excluding carboxylic acids is 2. The maximum atomic E-state index is 12.9. The molecule has 1 N–H and O–H groups in total. The molecule has 0 aliphatic carbocycles. The van der Waals surface area contributed by atoms with Gasteiger partial charge in [-0.15, -0.1) is 0 Å². The van der Waals surface area contributed by atoms with Crippen molar-refractivity contribution in [2.24, 2.45) is 0 Å². The quantitative estimate of drug-likeness (QED) is 0.745. The monoisotopic (exact) mass is 375 g/mol. The molecular formula is C21H21N5O2. The molecule has 1 aliphatic rings. The summed E-state index contributed by atoms with van der Waals surface area (Å²) in [6.45, 7) is 1.66. The molecule has 7 heteroatoms. The van der Waals surface area contributed by atoms with Gasteiger partial charge in [0, 0.05) is 49.7 Å². The Morgan fingerprint density at radius 1 is 1.14 bits per heavy atom. The van der Waals surface area contributed by atoms with E-state index in [4.69, 9.17) is 0 Å². The van der Waals surface area contributed by atoms with E-state index in [1.54, 1.807) is 45.9 Å². The molecule has 0 unspecified atom stereocenters. The number of aromatic nitrogens is 2. The van der Waals surface area contributed by atoms with Gasteiger partial charge in [0.15, 0.2) is 0 Å². The Labute approximate surface area is 163 Å². The highest BCUT2D eigenvalue weighted by molar-refractivity contribution is 5.98. The third-order valence-corrected chi connectivity index (χ3v) is 4.68. The summed E-state index contributed by atoms with van der Waals surface area (Å²) in [7, 11) is 1.76. The van der Waals surface area contributed by atoms with Crippen LogP contribution in [0.1, 0.15) is 15.9 Å². The molecule has 3 aromatic rings. The Morgan fingerprint density at radius 2 is 1.93 bits per heavy atom. The van der Waals surface area contributed by atoms with Gasteiger partial charge in [-0.1, -0.05) is 24.3 Å². The lowest BCUT2D eigenvalue weighted by Gasteiger charge is -2.19. The van der Waals surface area contributed by atoms with Crippen LogP contribution in [0.25, 0.3) is 5.69 Å². The molecule has 2 heterocycles. The smallest absolute Gasteiger partial charge is 0.321 e. The summed E-state index contributed by atoms with van der Waals surface area (Å²) in [6, 6.07) is 16.9. The maximum absolute atomic E-state index is 12.9. The van der Waals surface area contributed by atoms with Gasteiger partial charge in [-0.3, -0.25) is 9.69 Å². The van der Waals surface area contributed by atoms with E-state index in [-0.39, 0.29) is 11.9 Å². The van der Waals surface area contributed by atoms with E-state index in [1.165, 1.54) is 0 Å². The molecule has 0 saturated carbocycles. The SMILES string of the molecule is CN(Cc1cnn(-c2ccccc2)c1)C(=O)c1cccc(N2CCNC2=O)c1. The van der Waals surface area contributed by atoms with Crippen molar-refractivity contribution in [2.45, 2.75) is 6.54 Å². The van der Waals surface area contributed by atoms with E-state index in [0.29, 0.717) is 25.2 Å². The molecule has 2 aromatic carbocycles. The van der Waals surface area contributed by atoms with Crippen molar-refractivity contribution in [2.75, 3.05) is 25.0 Å². The van der Waals surface area contributed by atoms with Crippen molar-refractivity contribution in [3.05, 3.63) is 78.1 Å². The van der Waals surface area contributed by atoms with E-state index in [0.717, 1.165) is 16.9 Å². The van der Waals surface area contributed by atoms with Gasteiger partial charge in [0.05, 0.1) is 11.9 Å². The molecule has 1 fully saturated rings. The minimum Gasteiger partial charge on any atom is -0.337 e. The summed E-state index contributed by atoms with van der Waals surface area (Å²) in [5.41, 5.74) is 3.19. The number of hydrogen-bond donors (Lipinski definition) is 1. The second-order valence-electron chi connectivity index (χ2n) is 6.72. The Bertz CT molecular complexity index is 999. The van der Waals surface area contributed by atoms with Crippen molar-refractivity contribution in [3.63, 3.8) is 0 Å². The molecule has 1 aliphatic heterocycles. The molecule has 142 valence electrons. The van der Waals surface area contributed by atoms with Gasteiger partial charge in [0.1, 0.15) is 0 Å². The molecule has 0 spiro atoms. The minimum atomic E-state index is -0.133. The van der Waals surface area contributed by atoms with E-state index < -0.39 is 0 Å². The fourth-order valence-electron chi connectivity index (χ4n) is 3.25. The number of nitrogens with one attached hydrogen (secondary N) is 1. The number of amides is 3. The Morgan fingerprint density at radius 3 is 2.68 bits per heavy atom. The zero-order valence-corrected chi connectivity index (χ0v) is 15.6. The lowest BCUT2D eigenvalue weighted by Crippen LogP contribution is -2.29. The van der Waals surface area contributed by atoms with Gasteiger partial charge in [0.25, 0.3) is 5.91 Å². The third kappa shape index (κ3) is 3.59. The Kier molecular flexibility index (Phi) is 4.80. The summed E-state index contributed by atoms with van der Waals surface area (Å²) in [6.07, 6.45) is 3.69. The zero-order chi connectivity index (χ0) is 19.5. The molecule has 0 radical (unpaired) electrons. The second kappa shape index (κ2) is 7.56. The highest BCUT2D eigenvalue weighted by atomic mass is 16.2. The van der Waals surface area contributed by atoms with Gasteiger partial charge in [0.2, 0.25) is 0 Å². The van der Waals surface area contributed by atoms with Gasteiger partial charge in [-0.2, -0.15) is 5.10 Å². The lowest BCUT2D eigenvalue weighted by molar-refractivity contribution is 0.0785. The standard InChI is InChI=1S/C21H21N5O2/c1-24(14-16-13-23-26(15-16)18-7-3-2-4-8-18)20(27)17-6-5-9-19(12-17)25-11-10-22-21(25)28/h2-9,12-13,15H,10-11,14H2,1H3,(H,22,28). The predicted octanol–water partition coefficient (Wildman–Crippen LogP) is 2.67. The number of urea groups is 1. The van der Waals surface area contributed by atoms with Crippen molar-refractivity contribution in [1.29, 1.82) is 0 Å². The Hall–Kier alpha value is -3.61. The first kappa shape index (κ1) is 17.8. The molecule has 0 atom stereocenters. The summed E-state index contributed by atoms with van der Waals surface area (Å²) in [5.74, 6) is -0.103. The average Bonchev–Trinajstić information content (AvgIpc) is 3.37. The number of hydrogen-bond acceptors (Lipinski definition) is 3. The number of benzene rings is 2. The largest absolute Gasteiger partial charge is 0.337 e. The van der Waals surface area contributed by atoms with Crippen molar-refractivity contribution < 1.29 is 9.59 Å². The number of anilines is 1. The molecule has 7 nitrogen and oxygen atoms in total. The van der Waals surface area contributed by atoms with Crippen LogP contribution < -0.4 is 10.2 Å². The first-order valence-corrected chi connectivity index (χ1v) is 9.12. The van der Waals surface area contributed by atoms with Crippen LogP contribution in [0.5, 0.6) is 0 Å². The normalized spacial score (nSPS) is 13.5. The van der Waals surface area contributed by atoms with Crippen LogP contribution in [0.4, 0.5) is 10.5 Å². The van der Waals surface area contributed by atoms with Crippen LogP contribution in [-0.4, -0.2) is 46.8 Å². The van der Waals surface area contributed by atoms with Crippen LogP contribution in [-0.2, 0) is 6.54 Å². The fraction of sp³-hybridized carbons (Fsp3) is 0.190. The second-order valence-corrected chi connectivity index (χ2v) is 6.72. The van der Waals surface area contributed by atoms with Gasteiger partial charge >= 0.3 is 6.03 Å². The summed E-state index contributed by atoms with van der Waals surface area (Å²) in [4.78, 5) is 28.0. The topological polar surface area (TPSA) is 70.5 Å². The molecule has 1 aromatic heterocycles. The van der Waals surface area contributed by atoms with Crippen molar-refractivity contribution in [1.82, 2.24) is 20.0 Å². The summed E-state index contributed by atoms with van der Waals surface area (Å²) in [5, 5.41) is 7.14. The lowest BCUT2D eigenvalue weighted by atomic mass is 10.1. The van der Waals surface area contributed by atoms with Gasteiger partial charge < -0.3 is 10.2 Å². The van der Waals surface area contributed by atoms with Crippen LogP contribution in [0, 0.1) is 0 Å². The van der Waals surface area contributed by atoms with Crippen LogP contribution in [0.3, 0.4) is 0 Å². The number of rotatable bonds is 5. The predicted molar refractivity (Wildman–Crippen MR) is 107 cm³/mol. The highest BCUT2D eigenvalue weighted by Gasteiger charge is 2.22. The van der Waals surface area contributed by atoms with Gasteiger partial charge in [-0.05, 0) is 30.3 Å². The van der Waals surface area contributed by atoms with E-state index in [9.17, 15) is 9.59 Å². The molecule has 28 heavy (non-hydrogen) atoms. The van der Waals surface area contributed by atoms with E-state index >= 15 is 0 Å². The first-order valence-electron chi connectivity index (χ1n) is 9.12. The highest BCUT2D eigenvalue weighted by Crippen LogP contribution is 2.19. The Balaban J connectivity index is 1.47. The summed E-state index contributed by atoms with van der Waals surface area (Å²) >= 11 is 0. The average molecular weight is 375 g/mol. The zero-order valence-electron chi connectivity index (χ0n) is 15.6. The van der Waals surface area contributed by atoms with Gasteiger partial charge in [-0.25, -0.2) is 9.48 Å². The first-order chi connectivity index (χ1) is 13.6.